The Bertz CT molecular complexity index is 941. The van der Waals surface area contributed by atoms with Gasteiger partial charge in [-0.25, -0.2) is 5.43 Å². The van der Waals surface area contributed by atoms with E-state index in [1.165, 1.54) is 6.21 Å². The molecule has 0 unspecified atom stereocenters. The molecule has 6 heteroatoms. The third-order valence-corrected chi connectivity index (χ3v) is 3.82. The monoisotopic (exact) mass is 333 g/mol. The molecule has 0 fully saturated rings. The summed E-state index contributed by atoms with van der Waals surface area (Å²) in [6.45, 7) is 0.135. The van der Waals surface area contributed by atoms with Gasteiger partial charge in [-0.05, 0) is 35.0 Å². The van der Waals surface area contributed by atoms with E-state index in [0.29, 0.717) is 17.2 Å². The standard InChI is InChI=1S/C19H15N3O3/c23-19(22-21-11-15-7-3-4-8-20-15)18-12-24-16-9-13-5-1-2-6-14(13)10-17(16)25-18/h1-11,18H,12H2,(H,22,23)/b21-11+/t18-/m0/s1. The number of pyridine rings is 1. The predicted octanol–water partition coefficient (Wildman–Crippen LogP) is 2.52. The van der Waals surface area contributed by atoms with Crippen LogP contribution >= 0.6 is 0 Å². The number of nitrogens with zero attached hydrogens (tertiary/aromatic N) is 2. The van der Waals surface area contributed by atoms with Crippen molar-refractivity contribution in [1.29, 1.82) is 0 Å². The molecule has 0 saturated heterocycles. The highest BCUT2D eigenvalue weighted by Gasteiger charge is 2.27. The Morgan fingerprint density at radius 2 is 1.88 bits per heavy atom. The zero-order chi connectivity index (χ0) is 17.1. The maximum absolute atomic E-state index is 12.2. The first-order chi connectivity index (χ1) is 12.3. The molecule has 4 rings (SSSR count). The molecule has 1 N–H and O–H groups in total. The lowest BCUT2D eigenvalue weighted by Gasteiger charge is -2.25. The first-order valence-corrected chi connectivity index (χ1v) is 7.86. The van der Waals surface area contributed by atoms with Gasteiger partial charge in [0, 0.05) is 6.20 Å². The average Bonchev–Trinajstić information content (AvgIpc) is 2.66. The third-order valence-electron chi connectivity index (χ3n) is 3.82. The Hall–Kier alpha value is -3.41. The second-order valence-corrected chi connectivity index (χ2v) is 5.55. The Balaban J connectivity index is 1.45. The predicted molar refractivity (Wildman–Crippen MR) is 93.8 cm³/mol. The van der Waals surface area contributed by atoms with Gasteiger partial charge in [0.05, 0.1) is 11.9 Å². The molecule has 1 aliphatic rings. The molecule has 1 aromatic heterocycles. The summed E-state index contributed by atoms with van der Waals surface area (Å²) in [4.78, 5) is 16.3. The van der Waals surface area contributed by atoms with E-state index in [2.05, 4.69) is 15.5 Å². The van der Waals surface area contributed by atoms with Crippen molar-refractivity contribution in [1.82, 2.24) is 10.4 Å². The molecule has 25 heavy (non-hydrogen) atoms. The summed E-state index contributed by atoms with van der Waals surface area (Å²) in [5.74, 6) is 0.824. The highest BCUT2D eigenvalue weighted by molar-refractivity contribution is 5.87. The average molecular weight is 333 g/mol. The van der Waals surface area contributed by atoms with Crippen LogP contribution in [0, 0.1) is 0 Å². The molecule has 1 aliphatic heterocycles. The fourth-order valence-electron chi connectivity index (χ4n) is 2.57. The number of aromatic nitrogens is 1. The van der Waals surface area contributed by atoms with Crippen molar-refractivity contribution in [2.24, 2.45) is 5.10 Å². The van der Waals surface area contributed by atoms with Gasteiger partial charge in [-0.3, -0.25) is 9.78 Å². The van der Waals surface area contributed by atoms with Gasteiger partial charge in [0.15, 0.2) is 11.5 Å². The second kappa shape index (κ2) is 6.60. The number of amides is 1. The van der Waals surface area contributed by atoms with Gasteiger partial charge in [-0.2, -0.15) is 5.10 Å². The fourth-order valence-corrected chi connectivity index (χ4v) is 2.57. The largest absolute Gasteiger partial charge is 0.485 e. The normalized spacial score (nSPS) is 16.1. The summed E-state index contributed by atoms with van der Waals surface area (Å²) in [5, 5.41) is 5.99. The number of ether oxygens (including phenoxy) is 2. The van der Waals surface area contributed by atoms with Crippen molar-refractivity contribution in [2.75, 3.05) is 6.61 Å². The highest BCUT2D eigenvalue weighted by Crippen LogP contribution is 2.35. The molecule has 0 radical (unpaired) electrons. The molecule has 0 bridgehead atoms. The van der Waals surface area contributed by atoms with Crippen molar-refractivity contribution in [3.8, 4) is 11.5 Å². The van der Waals surface area contributed by atoms with E-state index in [0.717, 1.165) is 10.8 Å². The zero-order valence-corrected chi connectivity index (χ0v) is 13.3. The molecular formula is C19H15N3O3. The number of fused-ring (bicyclic) bond motifs is 2. The lowest BCUT2D eigenvalue weighted by Crippen LogP contribution is -2.42. The smallest absolute Gasteiger partial charge is 0.284 e. The minimum atomic E-state index is -0.755. The van der Waals surface area contributed by atoms with E-state index >= 15 is 0 Å². The number of hydrazone groups is 1. The fraction of sp³-hybridized carbons (Fsp3) is 0.105. The second-order valence-electron chi connectivity index (χ2n) is 5.55. The van der Waals surface area contributed by atoms with Crippen LogP contribution in [0.1, 0.15) is 5.69 Å². The number of hydrogen-bond donors (Lipinski definition) is 1. The Kier molecular flexibility index (Phi) is 4.00. The van der Waals surface area contributed by atoms with E-state index < -0.39 is 6.10 Å². The maximum Gasteiger partial charge on any atom is 0.284 e. The molecule has 2 heterocycles. The molecule has 6 nitrogen and oxygen atoms in total. The lowest BCUT2D eigenvalue weighted by atomic mass is 10.1. The van der Waals surface area contributed by atoms with Gasteiger partial charge in [0.25, 0.3) is 5.91 Å². The van der Waals surface area contributed by atoms with Crippen LogP contribution in [0.15, 0.2) is 65.9 Å². The Morgan fingerprint density at radius 1 is 1.12 bits per heavy atom. The highest BCUT2D eigenvalue weighted by atomic mass is 16.6. The van der Waals surface area contributed by atoms with Crippen LogP contribution in [0.25, 0.3) is 10.8 Å². The molecular weight excluding hydrogens is 318 g/mol. The first-order valence-electron chi connectivity index (χ1n) is 7.86. The lowest BCUT2D eigenvalue weighted by molar-refractivity contribution is -0.130. The number of carbonyl (C=O) groups is 1. The summed E-state index contributed by atoms with van der Waals surface area (Å²) in [6, 6.07) is 17.1. The van der Waals surface area contributed by atoms with Crippen LogP contribution < -0.4 is 14.9 Å². The van der Waals surface area contributed by atoms with Crippen molar-refractivity contribution >= 4 is 22.9 Å². The first kappa shape index (κ1) is 15.1. The van der Waals surface area contributed by atoms with Gasteiger partial charge >= 0.3 is 0 Å². The van der Waals surface area contributed by atoms with Crippen molar-refractivity contribution in [2.45, 2.75) is 6.10 Å². The zero-order valence-electron chi connectivity index (χ0n) is 13.3. The number of carbonyl (C=O) groups excluding carboxylic acids is 1. The molecule has 3 aromatic rings. The van der Waals surface area contributed by atoms with Gasteiger partial charge in [0.1, 0.15) is 6.61 Å². The summed E-state index contributed by atoms with van der Waals surface area (Å²) < 4.78 is 11.5. The molecule has 1 atom stereocenters. The van der Waals surface area contributed by atoms with Gasteiger partial charge < -0.3 is 9.47 Å². The molecule has 0 spiro atoms. The summed E-state index contributed by atoms with van der Waals surface area (Å²) in [5.41, 5.74) is 3.11. The number of rotatable bonds is 3. The van der Waals surface area contributed by atoms with Crippen LogP contribution in [0.3, 0.4) is 0 Å². The van der Waals surface area contributed by atoms with Crippen LogP contribution in [0.4, 0.5) is 0 Å². The summed E-state index contributed by atoms with van der Waals surface area (Å²) >= 11 is 0. The molecule has 1 amide bonds. The Morgan fingerprint density at radius 3 is 2.64 bits per heavy atom. The topological polar surface area (TPSA) is 72.8 Å². The number of nitrogens with one attached hydrogen (secondary N) is 1. The van der Waals surface area contributed by atoms with Crippen LogP contribution in [-0.4, -0.2) is 29.8 Å². The van der Waals surface area contributed by atoms with Crippen LogP contribution in [-0.2, 0) is 4.79 Å². The SMILES string of the molecule is O=C(N/N=C/c1ccccn1)[C@@H]1COc2cc3ccccc3cc2O1. The van der Waals surface area contributed by atoms with E-state index in [9.17, 15) is 4.79 Å². The van der Waals surface area contributed by atoms with Crippen molar-refractivity contribution < 1.29 is 14.3 Å². The minimum Gasteiger partial charge on any atom is -0.485 e. The summed E-state index contributed by atoms with van der Waals surface area (Å²) in [7, 11) is 0. The van der Waals surface area contributed by atoms with Gasteiger partial charge in [-0.15, -0.1) is 0 Å². The van der Waals surface area contributed by atoms with E-state index in [4.69, 9.17) is 9.47 Å². The molecule has 0 aliphatic carbocycles. The Labute approximate surface area is 144 Å². The van der Waals surface area contributed by atoms with E-state index in [-0.39, 0.29) is 12.5 Å². The third kappa shape index (κ3) is 3.28. The molecule has 0 saturated carbocycles. The quantitative estimate of drug-likeness (QED) is 0.590. The molecule has 2 aromatic carbocycles. The maximum atomic E-state index is 12.2. The van der Waals surface area contributed by atoms with E-state index in [1.54, 1.807) is 12.3 Å². The number of benzene rings is 2. The van der Waals surface area contributed by atoms with Gasteiger partial charge in [0.2, 0.25) is 6.10 Å². The number of hydrogen-bond acceptors (Lipinski definition) is 5. The van der Waals surface area contributed by atoms with E-state index in [1.807, 2.05) is 48.5 Å². The van der Waals surface area contributed by atoms with Crippen molar-refractivity contribution in [3.05, 3.63) is 66.5 Å². The summed E-state index contributed by atoms with van der Waals surface area (Å²) in [6.07, 6.45) is 2.38. The molecule has 124 valence electrons. The minimum absolute atomic E-state index is 0.135. The van der Waals surface area contributed by atoms with Gasteiger partial charge in [-0.1, -0.05) is 30.3 Å². The van der Waals surface area contributed by atoms with Crippen molar-refractivity contribution in [3.63, 3.8) is 0 Å². The van der Waals surface area contributed by atoms with Crippen LogP contribution in [0.2, 0.25) is 0 Å². The van der Waals surface area contributed by atoms with Crippen LogP contribution in [0.5, 0.6) is 11.5 Å².